The van der Waals surface area contributed by atoms with Crippen molar-refractivity contribution in [3.05, 3.63) is 168 Å². The maximum Gasteiger partial charge on any atom is 1.00 e. The number of aromatic nitrogens is 10. The van der Waals surface area contributed by atoms with Gasteiger partial charge in [0.2, 0.25) is 29.5 Å². The molecule has 10 rings (SSSR count). The van der Waals surface area contributed by atoms with Crippen LogP contribution in [0.15, 0.2) is 128 Å². The number of ether oxygens (including phenoxy) is 2. The quantitative estimate of drug-likeness (QED) is 0.0355. The Hall–Kier alpha value is -12.1. The molecule has 602 valence electrons. The first-order valence-corrected chi connectivity index (χ1v) is 35.2. The van der Waals surface area contributed by atoms with Crippen LogP contribution < -0.4 is 67.2 Å². The number of carbonyl (C=O) groups excluding carboxylic acids is 9. The molecule has 0 aliphatic rings. The van der Waals surface area contributed by atoms with Gasteiger partial charge in [-0.2, -0.15) is 10.2 Å². The number of hydrogen-bond donors (Lipinski definition) is 6. The molecule has 0 saturated carbocycles. The van der Waals surface area contributed by atoms with E-state index in [2.05, 4.69) is 92.8 Å². The van der Waals surface area contributed by atoms with Crippen LogP contribution in [0.4, 0.5) is 44.5 Å². The molecule has 1 atom stereocenters. The van der Waals surface area contributed by atoms with E-state index in [1.807, 2.05) is 52.8 Å². The first-order valence-electron chi connectivity index (χ1n) is 34.3. The molecule has 0 aliphatic carbocycles. The molecule has 114 heavy (non-hydrogen) atoms. The number of alkyl halides is 1. The minimum Gasteiger partial charge on any atom is -0.870 e. The van der Waals surface area contributed by atoms with Crippen LogP contribution in [0.3, 0.4) is 0 Å². The van der Waals surface area contributed by atoms with Crippen molar-refractivity contribution in [2.24, 2.45) is 5.73 Å². The van der Waals surface area contributed by atoms with Crippen molar-refractivity contribution < 1.29 is 105 Å². The van der Waals surface area contributed by atoms with Crippen molar-refractivity contribution in [3.8, 4) is 51.1 Å². The SMILES string of the molecule is CC#N.CC(=O)N(C(=O)OC(C)(C)C)c1ccc(-c2nc(C)oc2C)cn1.CC(=O)Nc1ccc(-c2nc(C)oc2C)cn1.CC(=O)Nc1ccc(C(=O)C(C)Br)cn1.CC(N)=O.CCC(=O)c1ccc(NC(C)=O)nc1.Cc1nc(-c2ccc(N)nc2)c(C)o1.Cc1nc(-c2ccc(NC(=O)OC(C)(C)C)nc2)c(C)o1.[Na+].[OH-]. The average Bonchev–Trinajstić information content (AvgIpc) is 1.76. The maximum absolute atomic E-state index is 12.2. The van der Waals surface area contributed by atoms with Crippen molar-refractivity contribution >= 4 is 104 Å². The average molecular weight is 1640 g/mol. The van der Waals surface area contributed by atoms with E-state index in [0.29, 0.717) is 81.7 Å². The Labute approximate surface area is 691 Å². The molecule has 0 fully saturated rings. The van der Waals surface area contributed by atoms with Gasteiger partial charge in [0.15, 0.2) is 35.1 Å². The van der Waals surface area contributed by atoms with Crippen molar-refractivity contribution in [1.82, 2.24) is 49.8 Å². The zero-order valence-corrected chi connectivity index (χ0v) is 71.7. The molecule has 10 heterocycles. The monoisotopic (exact) mass is 1640 g/mol. The summed E-state index contributed by atoms with van der Waals surface area (Å²) < 4.78 is 31.9. The van der Waals surface area contributed by atoms with Gasteiger partial charge in [0.05, 0.1) is 10.9 Å². The zero-order valence-electron chi connectivity index (χ0n) is 68.1. The summed E-state index contributed by atoms with van der Waals surface area (Å²) in [5.41, 5.74) is 16.2. The summed E-state index contributed by atoms with van der Waals surface area (Å²) >= 11 is 3.19. The number of hydrogen-bond acceptors (Lipinski definition) is 28. The third-order valence-corrected chi connectivity index (χ3v) is 13.7. The van der Waals surface area contributed by atoms with E-state index in [1.54, 1.807) is 162 Å². The first kappa shape index (κ1) is 99.9. The Kier molecular flexibility index (Phi) is 42.0. The number of carbonyl (C=O) groups is 9. The van der Waals surface area contributed by atoms with Gasteiger partial charge in [-0.3, -0.25) is 38.9 Å². The number of nitrogens with zero attached hydrogens (tertiary/aromatic N) is 12. The molecule has 0 aliphatic heterocycles. The number of nitrogen functional groups attached to an aromatic ring is 1. The van der Waals surface area contributed by atoms with Crippen molar-refractivity contribution in [3.63, 3.8) is 0 Å². The molecule has 10 aromatic rings. The van der Waals surface area contributed by atoms with Crippen LogP contribution >= 0.6 is 15.9 Å². The summed E-state index contributed by atoms with van der Waals surface area (Å²) in [4.78, 5) is 142. The standard InChI is InChI=1S/C17H21N3O4.C15H19N3O3.C12H13N3O2.C10H11BrN2O2.C10H11N3O.C10H12N2O2.C2H5NO.C2H3N.Na.H2O/c1-10-15(19-11(2)23-10)13-7-8-14(18-9-13)20(12(3)21)16(22)24-17(4,5)6;1-9-13(17-10(2)20-9)11-6-7-12(16-8-11)18-14(19)21-15(3,4)5;1-7-12(15-9(3)17-7)10-4-5-11(13-6-10)14-8(2)16;1-6(11)10(15)8-3-4-9(12-5-8)13-7(2)14;1-6-10(13-7(2)14-6)8-3-4-9(11)12-5-8;1-3-9(14)8-4-5-10(11-6-8)12-7(2)13;1-2(3)4;1-2-3;;/h7-9H,1-6H3;6-8H,1-5H3,(H,16,18,19);4-6H,1-3H3,(H,13,14,16);3-6H,1-2H3,(H,12,13,14);3-5H,1-2H3,(H2,11,12);4-6H,3H2,1-2H3,(H,11,12,13);1H3,(H2,3,4);1H3;;1H2/q;;;;;;;;+1;/p-1. The summed E-state index contributed by atoms with van der Waals surface area (Å²) in [5.74, 6) is 6.71. The number of amides is 7. The third-order valence-electron chi connectivity index (χ3n) is 13.2. The van der Waals surface area contributed by atoms with Gasteiger partial charge in [0.25, 0.3) is 0 Å². The molecule has 34 nitrogen and oxygen atoms in total. The first-order chi connectivity index (χ1) is 52.3. The number of anilines is 6. The topological polar surface area (TPSA) is 511 Å². The number of primary amides is 1. The second-order valence-corrected chi connectivity index (χ2v) is 27.1. The van der Waals surface area contributed by atoms with E-state index >= 15 is 0 Å². The Morgan fingerprint density at radius 3 is 1.05 bits per heavy atom. The van der Waals surface area contributed by atoms with E-state index in [0.717, 1.165) is 61.5 Å². The molecular weight excluding hydrogens is 1550 g/mol. The van der Waals surface area contributed by atoms with E-state index in [4.69, 9.17) is 38.1 Å². The normalized spacial score (nSPS) is 10.3. The number of rotatable bonds is 13. The summed E-state index contributed by atoms with van der Waals surface area (Å²) in [6, 6.07) is 22.3. The maximum atomic E-state index is 12.2. The minimum absolute atomic E-state index is 0. The fourth-order valence-electron chi connectivity index (χ4n) is 8.93. The summed E-state index contributed by atoms with van der Waals surface area (Å²) in [6.45, 7) is 37.0. The van der Waals surface area contributed by atoms with E-state index < -0.39 is 29.3 Å². The molecule has 7 amide bonds. The number of ketones is 2. The van der Waals surface area contributed by atoms with Gasteiger partial charge in [-0.1, -0.05) is 22.9 Å². The van der Waals surface area contributed by atoms with Crippen LogP contribution in [0.5, 0.6) is 0 Å². The minimum atomic E-state index is -0.760. The van der Waals surface area contributed by atoms with Crippen LogP contribution in [0, 0.1) is 66.7 Å². The van der Waals surface area contributed by atoms with Crippen LogP contribution in [0.25, 0.3) is 45.0 Å². The van der Waals surface area contributed by atoms with Crippen LogP contribution in [0.1, 0.15) is 171 Å². The van der Waals surface area contributed by atoms with Crippen LogP contribution in [-0.2, 0) is 33.4 Å². The number of aryl methyl sites for hydroxylation is 8. The molecule has 0 spiro atoms. The van der Waals surface area contributed by atoms with Gasteiger partial charge in [-0.05, 0) is 149 Å². The Bertz CT molecular complexity index is 4830. The molecule has 9 N–H and O–H groups in total. The molecule has 0 saturated heterocycles. The summed E-state index contributed by atoms with van der Waals surface area (Å²) in [7, 11) is 0. The molecule has 0 bridgehead atoms. The van der Waals surface area contributed by atoms with Crippen LogP contribution in [0.2, 0.25) is 0 Å². The van der Waals surface area contributed by atoms with Crippen molar-refractivity contribution in [2.45, 2.75) is 175 Å². The number of nitriles is 1. The number of imide groups is 1. The summed E-state index contributed by atoms with van der Waals surface area (Å²) in [5, 5.41) is 17.6. The largest absolute Gasteiger partial charge is 1.00 e. The molecule has 0 radical (unpaired) electrons. The predicted octanol–water partition coefficient (Wildman–Crippen LogP) is 12.1. The van der Waals surface area contributed by atoms with Gasteiger partial charge >= 0.3 is 41.7 Å². The van der Waals surface area contributed by atoms with Gasteiger partial charge in [-0.15, -0.1) is 0 Å². The van der Waals surface area contributed by atoms with Gasteiger partial charge < -0.3 is 60.0 Å². The van der Waals surface area contributed by atoms with Crippen LogP contribution in [-0.4, -0.2) is 125 Å². The molecule has 1 unspecified atom stereocenters. The number of halogens is 1. The molecule has 0 aromatic carbocycles. The van der Waals surface area contributed by atoms with E-state index in [1.165, 1.54) is 53.9 Å². The smallest absolute Gasteiger partial charge is 0.870 e. The van der Waals surface area contributed by atoms with Gasteiger partial charge in [0.1, 0.15) is 91.9 Å². The summed E-state index contributed by atoms with van der Waals surface area (Å²) in [6.07, 6.45) is 8.62. The number of oxazole rings is 4. The number of nitrogens with two attached hydrogens (primary N) is 2. The number of Topliss-reactive ketones (excluding diaryl/α,β-unsaturated/α-hetero) is 2. The molecule has 36 heteroatoms. The molecular formula is C78H96BrN18NaO16. The Morgan fingerprint density at radius 1 is 0.500 bits per heavy atom. The third kappa shape index (κ3) is 36.4. The second kappa shape index (κ2) is 48.0. The number of pyridine rings is 6. The second-order valence-electron chi connectivity index (χ2n) is 25.8. The Morgan fingerprint density at radius 2 is 0.807 bits per heavy atom. The van der Waals surface area contributed by atoms with Crippen molar-refractivity contribution in [1.29, 1.82) is 5.26 Å². The number of nitrogens with one attached hydrogen (secondary N) is 4. The van der Waals surface area contributed by atoms with Gasteiger partial charge in [0, 0.05) is 146 Å². The van der Waals surface area contributed by atoms with Crippen molar-refractivity contribution in [2.75, 3.05) is 31.9 Å². The molecule has 10 aromatic heterocycles. The Balaban J connectivity index is 0.000000676. The fraction of sp³-hybridized carbons (Fsp3) is 0.333. The zero-order chi connectivity index (χ0) is 84.5. The fourth-order valence-corrected chi connectivity index (χ4v) is 9.19. The van der Waals surface area contributed by atoms with E-state index in [-0.39, 0.29) is 80.9 Å². The predicted molar refractivity (Wildman–Crippen MR) is 427 cm³/mol. The van der Waals surface area contributed by atoms with Gasteiger partial charge in [-0.25, -0.2) is 59.4 Å². The van der Waals surface area contributed by atoms with E-state index in [9.17, 15) is 43.2 Å².